The Morgan fingerprint density at radius 3 is 0.607 bits per heavy atom. The van der Waals surface area contributed by atoms with E-state index >= 15 is 0 Å². The summed E-state index contributed by atoms with van der Waals surface area (Å²) in [5, 5.41) is -1.28. The van der Waals surface area contributed by atoms with E-state index in [-0.39, 0.29) is 17.4 Å². The van der Waals surface area contributed by atoms with Gasteiger partial charge in [-0.05, 0) is 38.5 Å². The molecule has 0 amide bonds. The molecule has 0 aliphatic rings. The van der Waals surface area contributed by atoms with E-state index in [1.165, 1.54) is 0 Å². The van der Waals surface area contributed by atoms with Crippen molar-refractivity contribution < 1.29 is 28.4 Å². The van der Waals surface area contributed by atoms with Crippen LogP contribution in [0.2, 0.25) is 0 Å². The molecule has 10 heteroatoms. The van der Waals surface area contributed by atoms with Gasteiger partial charge >= 0.3 is 17.4 Å². The summed E-state index contributed by atoms with van der Waals surface area (Å²) in [4.78, 5) is 31.7. The number of hydrogen-bond donors (Lipinski definition) is 0. The quantitative estimate of drug-likeness (QED) is 0.370. The zero-order chi connectivity index (χ0) is 22.5. The van der Waals surface area contributed by atoms with Crippen molar-refractivity contribution in [2.24, 2.45) is 0 Å². The predicted molar refractivity (Wildman–Crippen MR) is 120 cm³/mol. The van der Waals surface area contributed by atoms with E-state index in [1.54, 1.807) is 20.8 Å². The molecule has 168 valence electrons. The third-order valence-corrected chi connectivity index (χ3v) is 11.2. The molecule has 0 saturated heterocycles. The van der Waals surface area contributed by atoms with Crippen molar-refractivity contribution in [1.82, 2.24) is 0 Å². The Labute approximate surface area is 186 Å². The molecule has 0 bridgehead atoms. The molecule has 0 heterocycles. The third kappa shape index (κ3) is 13.4. The minimum absolute atomic E-state index is 0. The van der Waals surface area contributed by atoms with Gasteiger partial charge in [-0.1, -0.05) is 62.3 Å². The summed E-state index contributed by atoms with van der Waals surface area (Å²) in [6, 6.07) is 0. The van der Waals surface area contributed by atoms with E-state index in [9.17, 15) is 28.4 Å². The van der Waals surface area contributed by atoms with Crippen molar-refractivity contribution in [2.75, 3.05) is 0 Å². The van der Waals surface area contributed by atoms with Crippen molar-refractivity contribution in [3.05, 3.63) is 0 Å². The molecule has 0 aromatic heterocycles. The molecule has 0 N–H and O–H groups in total. The molecule has 0 aromatic rings. The first-order valence-corrected chi connectivity index (χ1v) is 13.8. The first kappa shape index (κ1) is 36.5. The van der Waals surface area contributed by atoms with Crippen LogP contribution >= 0.6 is 24.1 Å². The van der Waals surface area contributed by atoms with Crippen LogP contribution in [0, 0.1) is 0 Å². The normalized spacial score (nSPS) is 15.0. The Morgan fingerprint density at radius 2 is 0.607 bits per heavy atom. The van der Waals surface area contributed by atoms with Gasteiger partial charge in [-0.2, -0.15) is 0 Å². The fourth-order valence-electron chi connectivity index (χ4n) is 1.62. The van der Waals surface area contributed by atoms with Crippen LogP contribution in [0.5, 0.6) is 0 Å². The SMILES string of the molecule is CCC(C)(CC)[PH](=O)[O-].CCC(C)(CC)[PH](=O)[O-].CCC(C)(CC)[PH](=O)[O-].[Al+3]. The molecule has 0 saturated carbocycles. The van der Waals surface area contributed by atoms with Gasteiger partial charge in [-0.3, -0.25) is 0 Å². The topological polar surface area (TPSA) is 120 Å². The predicted octanol–water partition coefficient (Wildman–Crippen LogP) is 3.82. The Morgan fingerprint density at radius 1 is 0.500 bits per heavy atom. The van der Waals surface area contributed by atoms with Gasteiger partial charge in [0.05, 0.1) is 0 Å². The summed E-state index contributed by atoms with van der Waals surface area (Å²) in [5.74, 6) is 0. The van der Waals surface area contributed by atoms with Gasteiger partial charge in [0.25, 0.3) is 0 Å². The molecule has 0 radical (unpaired) electrons. The van der Waals surface area contributed by atoms with E-state index in [2.05, 4.69) is 0 Å². The Balaban J connectivity index is -0.000000152. The van der Waals surface area contributed by atoms with Crippen LogP contribution in [0.1, 0.15) is 101 Å². The summed E-state index contributed by atoms with van der Waals surface area (Å²) < 4.78 is 31.7. The van der Waals surface area contributed by atoms with E-state index in [0.717, 1.165) is 38.5 Å². The summed E-state index contributed by atoms with van der Waals surface area (Å²) in [6.45, 7) is 16.8. The van der Waals surface area contributed by atoms with Gasteiger partial charge in [0.1, 0.15) is 0 Å². The zero-order valence-electron chi connectivity index (χ0n) is 19.3. The Kier molecular flexibility index (Phi) is 23.1. The maximum absolute atomic E-state index is 10.6. The molecule has 0 fully saturated rings. The van der Waals surface area contributed by atoms with Gasteiger partial charge in [0.2, 0.25) is 0 Å². The van der Waals surface area contributed by atoms with Crippen molar-refractivity contribution in [1.29, 1.82) is 0 Å². The van der Waals surface area contributed by atoms with Gasteiger partial charge in [0.15, 0.2) is 0 Å². The van der Waals surface area contributed by atoms with E-state index in [1.807, 2.05) is 41.5 Å². The maximum atomic E-state index is 10.6. The van der Waals surface area contributed by atoms with Crippen LogP contribution < -0.4 is 14.7 Å². The van der Waals surface area contributed by atoms with Gasteiger partial charge in [-0.15, -0.1) is 0 Å². The molecule has 3 atom stereocenters. The Bertz CT molecular complexity index is 396. The second-order valence-electron chi connectivity index (χ2n) is 7.67. The number of hydrogen-bond acceptors (Lipinski definition) is 6. The van der Waals surface area contributed by atoms with Gasteiger partial charge < -0.3 is 28.4 Å². The summed E-state index contributed by atoms with van der Waals surface area (Å²) in [6.07, 6.45) is 4.36. The fourth-order valence-corrected chi connectivity index (χ4v) is 3.35. The first-order valence-electron chi connectivity index (χ1n) is 9.84. The molecule has 0 rings (SSSR count). The van der Waals surface area contributed by atoms with Crippen molar-refractivity contribution >= 4 is 41.4 Å². The van der Waals surface area contributed by atoms with Crippen LogP contribution in [0.15, 0.2) is 0 Å². The molecular weight excluding hydrogens is 432 g/mol. The minimum atomic E-state index is -2.57. The molecule has 0 aliphatic heterocycles. The van der Waals surface area contributed by atoms with Crippen LogP contribution in [-0.4, -0.2) is 32.8 Å². The summed E-state index contributed by atoms with van der Waals surface area (Å²) in [5.41, 5.74) is 0. The Hall–Kier alpha value is 1.10. The van der Waals surface area contributed by atoms with Crippen LogP contribution in [-0.2, 0) is 13.7 Å². The van der Waals surface area contributed by atoms with Crippen molar-refractivity contribution in [3.63, 3.8) is 0 Å². The largest absolute Gasteiger partial charge is 3.00 e. The molecule has 0 spiro atoms. The van der Waals surface area contributed by atoms with Crippen molar-refractivity contribution in [2.45, 2.75) is 116 Å². The van der Waals surface area contributed by atoms with E-state index < -0.39 is 39.6 Å². The third-order valence-electron chi connectivity index (χ3n) is 6.16. The second-order valence-corrected chi connectivity index (χ2v) is 13.0. The van der Waals surface area contributed by atoms with E-state index in [4.69, 9.17) is 0 Å². The second kappa shape index (κ2) is 17.7. The average molecular weight is 474 g/mol. The monoisotopic (exact) mass is 474 g/mol. The zero-order valence-corrected chi connectivity index (χ0v) is 23.4. The molecular formula is C18H42AlO6P3. The minimum Gasteiger partial charge on any atom is -0.801 e. The van der Waals surface area contributed by atoms with Crippen LogP contribution in [0.4, 0.5) is 0 Å². The van der Waals surface area contributed by atoms with Crippen LogP contribution in [0.3, 0.4) is 0 Å². The number of rotatable bonds is 9. The average Bonchev–Trinajstić information content (AvgIpc) is 2.66. The molecule has 3 unspecified atom stereocenters. The molecule has 0 aromatic carbocycles. The smallest absolute Gasteiger partial charge is 0.801 e. The maximum Gasteiger partial charge on any atom is 3.00 e. The summed E-state index contributed by atoms with van der Waals surface area (Å²) >= 11 is 0. The standard InChI is InChI=1S/3C6H15O2P.Al/c3*1-4-6(3,5-2)9(7)8;/h3*9H,4-5H2,1-3H3,(H,7,8);/q;;;+3/p-3. The molecule has 0 aliphatic carbocycles. The summed E-state index contributed by atoms with van der Waals surface area (Å²) in [7, 11) is -7.72. The fraction of sp³-hybridized carbons (Fsp3) is 1.00. The van der Waals surface area contributed by atoms with Crippen LogP contribution in [0.25, 0.3) is 0 Å². The van der Waals surface area contributed by atoms with Crippen molar-refractivity contribution in [3.8, 4) is 0 Å². The van der Waals surface area contributed by atoms with Gasteiger partial charge in [0, 0.05) is 39.6 Å². The van der Waals surface area contributed by atoms with E-state index in [0.29, 0.717) is 0 Å². The van der Waals surface area contributed by atoms with Gasteiger partial charge in [-0.25, -0.2) is 0 Å². The molecule has 28 heavy (non-hydrogen) atoms. The first-order chi connectivity index (χ1) is 12.2. The molecule has 6 nitrogen and oxygen atoms in total.